The van der Waals surface area contributed by atoms with Gasteiger partial charge in [0.05, 0.1) is 17.1 Å². The maximum atomic E-state index is 9.61. The molecule has 0 atom stereocenters. The summed E-state index contributed by atoms with van der Waals surface area (Å²) >= 11 is 0. The summed E-state index contributed by atoms with van der Waals surface area (Å²) in [5.41, 5.74) is 2.30. The number of ether oxygens (including phenoxy) is 1. The van der Waals surface area contributed by atoms with Crippen LogP contribution in [-0.2, 0) is 17.7 Å². The fraction of sp³-hybridized carbons (Fsp3) is 0.682. The first kappa shape index (κ1) is 20.2. The van der Waals surface area contributed by atoms with E-state index >= 15 is 0 Å². The van der Waals surface area contributed by atoms with Crippen LogP contribution in [0.2, 0.25) is 0 Å². The highest BCUT2D eigenvalue weighted by Crippen LogP contribution is 2.34. The Bertz CT molecular complexity index is 738. The number of phenolic OH excluding ortho intramolecular Hbond substituents is 1. The standard InChI is InChI=1S/C16H22N2O.C6H13NO/c1-16(2,3)9-15-17-13-8-12(19)6-7-14(13)18(15)10-11-4-5-11;1-8-6-2-4-7-5-3-6/h6-8,11,19H,4-5,9-10H2,1-3H3;6-7H,2-5H2,1H3. The molecule has 1 aliphatic carbocycles. The van der Waals surface area contributed by atoms with Crippen molar-refractivity contribution in [1.82, 2.24) is 14.9 Å². The number of rotatable bonds is 4. The van der Waals surface area contributed by atoms with Crippen molar-refractivity contribution < 1.29 is 9.84 Å². The van der Waals surface area contributed by atoms with Crippen molar-refractivity contribution in [2.45, 2.75) is 65.5 Å². The molecule has 0 bridgehead atoms. The van der Waals surface area contributed by atoms with Gasteiger partial charge in [-0.05, 0) is 62.2 Å². The highest BCUT2D eigenvalue weighted by Gasteiger charge is 2.25. The van der Waals surface area contributed by atoms with Crippen molar-refractivity contribution in [3.63, 3.8) is 0 Å². The molecule has 2 fully saturated rings. The number of piperidine rings is 1. The van der Waals surface area contributed by atoms with E-state index in [1.165, 1.54) is 25.7 Å². The minimum atomic E-state index is 0.227. The zero-order valence-electron chi connectivity index (χ0n) is 17.3. The molecule has 0 amide bonds. The third-order valence-corrected chi connectivity index (χ3v) is 5.26. The summed E-state index contributed by atoms with van der Waals surface area (Å²) in [5.74, 6) is 2.27. The van der Waals surface area contributed by atoms with E-state index in [2.05, 4.69) is 30.7 Å². The Labute approximate surface area is 163 Å². The molecule has 1 aliphatic heterocycles. The van der Waals surface area contributed by atoms with Crippen molar-refractivity contribution in [3.05, 3.63) is 24.0 Å². The third-order valence-electron chi connectivity index (χ3n) is 5.26. The number of benzene rings is 1. The van der Waals surface area contributed by atoms with E-state index in [0.29, 0.717) is 11.9 Å². The summed E-state index contributed by atoms with van der Waals surface area (Å²) in [4.78, 5) is 4.74. The molecule has 1 saturated heterocycles. The lowest BCUT2D eigenvalue weighted by atomic mass is 9.92. The Morgan fingerprint density at radius 3 is 2.44 bits per heavy atom. The number of aromatic hydroxyl groups is 1. The van der Waals surface area contributed by atoms with Crippen LogP contribution in [0.5, 0.6) is 5.75 Å². The second kappa shape index (κ2) is 8.61. The predicted molar refractivity (Wildman–Crippen MR) is 110 cm³/mol. The van der Waals surface area contributed by atoms with Crippen molar-refractivity contribution in [2.24, 2.45) is 11.3 Å². The lowest BCUT2D eigenvalue weighted by Gasteiger charge is -2.20. The second-order valence-electron chi connectivity index (χ2n) is 9.18. The lowest BCUT2D eigenvalue weighted by Crippen LogP contribution is -2.31. The number of imidazole rings is 1. The van der Waals surface area contributed by atoms with Gasteiger partial charge in [0, 0.05) is 26.1 Å². The van der Waals surface area contributed by atoms with Gasteiger partial charge >= 0.3 is 0 Å². The van der Waals surface area contributed by atoms with Gasteiger partial charge in [0.25, 0.3) is 0 Å². The van der Waals surface area contributed by atoms with Crippen LogP contribution >= 0.6 is 0 Å². The Morgan fingerprint density at radius 1 is 1.19 bits per heavy atom. The molecule has 2 heterocycles. The van der Waals surface area contributed by atoms with Crippen LogP contribution in [0, 0.1) is 11.3 Å². The molecule has 1 saturated carbocycles. The molecule has 1 aromatic carbocycles. The van der Waals surface area contributed by atoms with Gasteiger partial charge in [-0.1, -0.05) is 20.8 Å². The Balaban J connectivity index is 0.000000221. The van der Waals surface area contributed by atoms with Crippen LogP contribution < -0.4 is 5.32 Å². The molecule has 27 heavy (non-hydrogen) atoms. The van der Waals surface area contributed by atoms with Gasteiger partial charge in [-0.2, -0.15) is 0 Å². The average Bonchev–Trinajstić information content (AvgIpc) is 3.38. The summed E-state index contributed by atoms with van der Waals surface area (Å²) in [6.07, 6.45) is 6.53. The predicted octanol–water partition coefficient (Wildman–Crippen LogP) is 4.13. The summed E-state index contributed by atoms with van der Waals surface area (Å²) in [6.45, 7) is 10.0. The average molecular weight is 374 g/mol. The van der Waals surface area contributed by atoms with Gasteiger partial charge < -0.3 is 19.7 Å². The maximum absolute atomic E-state index is 9.61. The Hall–Kier alpha value is -1.59. The zero-order chi connectivity index (χ0) is 19.4. The summed E-state index contributed by atoms with van der Waals surface area (Å²) < 4.78 is 7.51. The topological polar surface area (TPSA) is 59.3 Å². The van der Waals surface area contributed by atoms with Crippen LogP contribution in [0.3, 0.4) is 0 Å². The Kier molecular flexibility index (Phi) is 6.43. The number of methoxy groups -OCH3 is 1. The van der Waals surface area contributed by atoms with Crippen molar-refractivity contribution in [2.75, 3.05) is 20.2 Å². The normalized spacial score (nSPS) is 18.4. The molecule has 0 radical (unpaired) electrons. The van der Waals surface area contributed by atoms with Gasteiger partial charge in [-0.25, -0.2) is 4.98 Å². The number of fused-ring (bicyclic) bond motifs is 1. The molecular weight excluding hydrogens is 338 g/mol. The van der Waals surface area contributed by atoms with E-state index in [9.17, 15) is 5.11 Å². The molecule has 5 heteroatoms. The summed E-state index contributed by atoms with van der Waals surface area (Å²) in [5, 5.41) is 12.9. The van der Waals surface area contributed by atoms with Gasteiger partial charge in [-0.15, -0.1) is 0 Å². The van der Waals surface area contributed by atoms with Gasteiger partial charge in [0.1, 0.15) is 11.6 Å². The number of phenols is 1. The molecule has 2 aromatic rings. The van der Waals surface area contributed by atoms with E-state index in [0.717, 1.165) is 48.8 Å². The molecule has 1 aromatic heterocycles. The second-order valence-corrected chi connectivity index (χ2v) is 9.18. The smallest absolute Gasteiger partial charge is 0.117 e. The number of hydrogen-bond donors (Lipinski definition) is 2. The van der Waals surface area contributed by atoms with Crippen molar-refractivity contribution in [3.8, 4) is 5.75 Å². The first-order chi connectivity index (χ1) is 12.9. The molecule has 5 nitrogen and oxygen atoms in total. The largest absolute Gasteiger partial charge is 0.508 e. The third kappa shape index (κ3) is 5.94. The van der Waals surface area contributed by atoms with E-state index in [1.54, 1.807) is 19.2 Å². The molecular formula is C22H35N3O2. The lowest BCUT2D eigenvalue weighted by molar-refractivity contribution is 0.0765. The minimum Gasteiger partial charge on any atom is -0.508 e. The van der Waals surface area contributed by atoms with Crippen LogP contribution in [0.15, 0.2) is 18.2 Å². The maximum Gasteiger partial charge on any atom is 0.117 e. The number of nitrogens with zero attached hydrogens (tertiary/aromatic N) is 2. The highest BCUT2D eigenvalue weighted by molar-refractivity contribution is 5.77. The van der Waals surface area contributed by atoms with Crippen LogP contribution in [0.25, 0.3) is 11.0 Å². The molecule has 2 aliphatic rings. The molecule has 150 valence electrons. The van der Waals surface area contributed by atoms with Crippen molar-refractivity contribution >= 4 is 11.0 Å². The number of aromatic nitrogens is 2. The summed E-state index contributed by atoms with van der Waals surface area (Å²) in [6, 6.07) is 5.52. The Morgan fingerprint density at radius 2 is 1.89 bits per heavy atom. The number of hydrogen-bond acceptors (Lipinski definition) is 4. The highest BCUT2D eigenvalue weighted by atomic mass is 16.5. The van der Waals surface area contributed by atoms with E-state index in [4.69, 9.17) is 9.72 Å². The van der Waals surface area contributed by atoms with E-state index in [1.807, 2.05) is 6.07 Å². The SMILES string of the molecule is CC(C)(C)Cc1nc2cc(O)ccc2n1CC1CC1.COC1CCNCC1. The molecule has 0 spiro atoms. The quantitative estimate of drug-likeness (QED) is 0.846. The van der Waals surface area contributed by atoms with E-state index < -0.39 is 0 Å². The monoisotopic (exact) mass is 373 g/mol. The summed E-state index contributed by atoms with van der Waals surface area (Å²) in [7, 11) is 1.79. The van der Waals surface area contributed by atoms with Crippen LogP contribution in [0.4, 0.5) is 0 Å². The molecule has 0 unspecified atom stereocenters. The molecule has 2 N–H and O–H groups in total. The van der Waals surface area contributed by atoms with E-state index in [-0.39, 0.29) is 5.41 Å². The van der Waals surface area contributed by atoms with Gasteiger partial charge in [-0.3, -0.25) is 0 Å². The fourth-order valence-electron chi connectivity index (χ4n) is 3.57. The fourth-order valence-corrected chi connectivity index (χ4v) is 3.57. The minimum absolute atomic E-state index is 0.227. The first-order valence-corrected chi connectivity index (χ1v) is 10.3. The van der Waals surface area contributed by atoms with Gasteiger partial charge in [0.2, 0.25) is 0 Å². The number of nitrogens with one attached hydrogen (secondary N) is 1. The van der Waals surface area contributed by atoms with Crippen LogP contribution in [-0.4, -0.2) is 41.0 Å². The zero-order valence-corrected chi connectivity index (χ0v) is 17.3. The van der Waals surface area contributed by atoms with Crippen LogP contribution in [0.1, 0.15) is 52.3 Å². The molecule has 4 rings (SSSR count). The first-order valence-electron chi connectivity index (χ1n) is 10.3. The van der Waals surface area contributed by atoms with Gasteiger partial charge in [0.15, 0.2) is 0 Å². The van der Waals surface area contributed by atoms with Crippen molar-refractivity contribution in [1.29, 1.82) is 0 Å².